The van der Waals surface area contributed by atoms with E-state index < -0.39 is 10.1 Å². The minimum atomic E-state index is -4.12. The summed E-state index contributed by atoms with van der Waals surface area (Å²) in [4.78, 5) is 0. The minimum Gasteiger partial charge on any atom is -0.748 e. The van der Waals surface area contributed by atoms with E-state index in [0.717, 1.165) is 23.0 Å². The first-order chi connectivity index (χ1) is 8.54. The van der Waals surface area contributed by atoms with Crippen LogP contribution in [0.15, 0.2) is 30.7 Å². The van der Waals surface area contributed by atoms with Gasteiger partial charge in [-0.1, -0.05) is 0 Å². The number of pyridine rings is 1. The fourth-order valence-corrected chi connectivity index (χ4v) is 2.41. The standard InChI is InChI=1S/C10H11N3O3S2/c14-18(15,16)7-1-4-13-5-2-9(3-6-13)10-8-11-17-12-10/h2-3,5-6,8H,1,4,7H2. The first-order valence-electron chi connectivity index (χ1n) is 5.25. The highest BCUT2D eigenvalue weighted by molar-refractivity contribution is 7.85. The van der Waals surface area contributed by atoms with Crippen molar-refractivity contribution < 1.29 is 17.5 Å². The van der Waals surface area contributed by atoms with Gasteiger partial charge < -0.3 is 4.55 Å². The maximum atomic E-state index is 10.5. The molecule has 0 unspecified atom stereocenters. The summed E-state index contributed by atoms with van der Waals surface area (Å²) in [5.41, 5.74) is 1.77. The van der Waals surface area contributed by atoms with Crippen LogP contribution in [-0.2, 0) is 16.7 Å². The molecule has 6 nitrogen and oxygen atoms in total. The molecule has 18 heavy (non-hydrogen) atoms. The summed E-state index contributed by atoms with van der Waals surface area (Å²) in [6.07, 6.45) is 5.65. The molecule has 0 fully saturated rings. The molecule has 2 aromatic rings. The molecule has 8 heteroatoms. The lowest BCUT2D eigenvalue weighted by Gasteiger charge is -2.04. The van der Waals surface area contributed by atoms with Crippen LogP contribution in [0.5, 0.6) is 0 Å². The molecule has 0 saturated heterocycles. The van der Waals surface area contributed by atoms with Crippen molar-refractivity contribution in [3.05, 3.63) is 30.7 Å². The third-order valence-electron chi connectivity index (χ3n) is 2.36. The van der Waals surface area contributed by atoms with Gasteiger partial charge in [-0.2, -0.15) is 8.75 Å². The Morgan fingerprint density at radius 1 is 1.33 bits per heavy atom. The van der Waals surface area contributed by atoms with E-state index in [-0.39, 0.29) is 5.75 Å². The second-order valence-corrected chi connectivity index (χ2v) is 5.81. The van der Waals surface area contributed by atoms with Gasteiger partial charge in [0.2, 0.25) is 0 Å². The van der Waals surface area contributed by atoms with E-state index in [1.165, 1.54) is 0 Å². The minimum absolute atomic E-state index is 0.314. The van der Waals surface area contributed by atoms with Gasteiger partial charge in [-0.05, 0) is 0 Å². The van der Waals surface area contributed by atoms with Gasteiger partial charge in [0.25, 0.3) is 0 Å². The van der Waals surface area contributed by atoms with Gasteiger partial charge in [-0.25, -0.2) is 13.0 Å². The fourth-order valence-electron chi connectivity index (χ4n) is 1.49. The molecule has 0 aliphatic heterocycles. The van der Waals surface area contributed by atoms with Crippen molar-refractivity contribution in [1.82, 2.24) is 8.75 Å². The van der Waals surface area contributed by atoms with Crippen molar-refractivity contribution in [3.63, 3.8) is 0 Å². The van der Waals surface area contributed by atoms with E-state index in [9.17, 15) is 13.0 Å². The van der Waals surface area contributed by atoms with Crippen LogP contribution in [0.3, 0.4) is 0 Å². The Kier molecular flexibility index (Phi) is 4.00. The van der Waals surface area contributed by atoms with Crippen LogP contribution >= 0.6 is 11.7 Å². The van der Waals surface area contributed by atoms with Crippen LogP contribution in [-0.4, -0.2) is 27.5 Å². The van der Waals surface area contributed by atoms with Crippen molar-refractivity contribution in [1.29, 1.82) is 0 Å². The molecule has 2 rings (SSSR count). The summed E-state index contributed by atoms with van der Waals surface area (Å²) in [5, 5.41) is 0. The molecule has 2 heterocycles. The summed E-state index contributed by atoms with van der Waals surface area (Å²) >= 11 is 1.15. The van der Waals surface area contributed by atoms with E-state index in [1.54, 1.807) is 6.20 Å². The van der Waals surface area contributed by atoms with E-state index in [2.05, 4.69) is 8.75 Å². The largest absolute Gasteiger partial charge is 0.748 e. The third kappa shape index (κ3) is 3.83. The number of hydrogen-bond donors (Lipinski definition) is 0. The topological polar surface area (TPSA) is 86.9 Å². The highest BCUT2D eigenvalue weighted by Gasteiger charge is 2.05. The molecular weight excluding hydrogens is 274 g/mol. The predicted molar refractivity (Wildman–Crippen MR) is 64.7 cm³/mol. The van der Waals surface area contributed by atoms with Gasteiger partial charge in [-0.3, -0.25) is 0 Å². The Labute approximate surface area is 109 Å². The first kappa shape index (κ1) is 13.1. The Morgan fingerprint density at radius 3 is 2.61 bits per heavy atom. The highest BCUT2D eigenvalue weighted by atomic mass is 32.2. The summed E-state index contributed by atoms with van der Waals surface area (Å²) in [6.45, 7) is 0.497. The average Bonchev–Trinajstić information content (AvgIpc) is 2.82. The molecule has 0 aliphatic rings. The van der Waals surface area contributed by atoms with Gasteiger partial charge >= 0.3 is 0 Å². The van der Waals surface area contributed by atoms with Gasteiger partial charge in [0.1, 0.15) is 12.2 Å². The SMILES string of the molecule is O=S(=O)([O-])CCC[n+]1ccc(-c2cnsn2)cc1. The van der Waals surface area contributed by atoms with Gasteiger partial charge in [0, 0.05) is 29.9 Å². The molecule has 0 aliphatic carbocycles. The molecule has 0 saturated carbocycles. The van der Waals surface area contributed by atoms with Gasteiger partial charge in [0.05, 0.1) is 28.0 Å². The summed E-state index contributed by atoms with van der Waals surface area (Å²) in [6, 6.07) is 3.75. The first-order valence-corrected chi connectivity index (χ1v) is 7.56. The van der Waals surface area contributed by atoms with Crippen molar-refractivity contribution in [2.75, 3.05) is 5.75 Å². The lowest BCUT2D eigenvalue weighted by Crippen LogP contribution is -2.33. The zero-order valence-electron chi connectivity index (χ0n) is 9.39. The molecule has 0 radical (unpaired) electrons. The second kappa shape index (κ2) is 5.51. The van der Waals surface area contributed by atoms with Gasteiger partial charge in [-0.15, -0.1) is 0 Å². The Balaban J connectivity index is 1.96. The second-order valence-electron chi connectivity index (χ2n) is 3.73. The summed E-state index contributed by atoms with van der Waals surface area (Å²) < 4.78 is 41.2. The van der Waals surface area contributed by atoms with Crippen LogP contribution in [0, 0.1) is 0 Å². The molecule has 2 aromatic heterocycles. The zero-order chi connectivity index (χ0) is 13.0. The number of rotatable bonds is 5. The van der Waals surface area contributed by atoms with Crippen molar-refractivity contribution in [2.24, 2.45) is 0 Å². The number of nitrogens with zero attached hydrogens (tertiary/aromatic N) is 3. The molecule has 0 bridgehead atoms. The van der Waals surface area contributed by atoms with E-state index >= 15 is 0 Å². The van der Waals surface area contributed by atoms with Crippen LogP contribution < -0.4 is 4.57 Å². The quantitative estimate of drug-likeness (QED) is 0.587. The average molecular weight is 285 g/mol. The summed E-state index contributed by atoms with van der Waals surface area (Å²) in [5.74, 6) is -0.336. The van der Waals surface area contributed by atoms with Crippen LogP contribution in [0.25, 0.3) is 11.3 Å². The Hall–Kier alpha value is -1.38. The Morgan fingerprint density at radius 2 is 2.06 bits per heavy atom. The van der Waals surface area contributed by atoms with Gasteiger partial charge in [0.15, 0.2) is 12.4 Å². The maximum absolute atomic E-state index is 10.5. The van der Waals surface area contributed by atoms with Crippen molar-refractivity contribution >= 4 is 21.8 Å². The smallest absolute Gasteiger partial charge is 0.169 e. The number of aryl methyl sites for hydroxylation is 1. The Bertz CT molecular complexity index is 594. The normalized spacial score (nSPS) is 11.6. The van der Waals surface area contributed by atoms with Crippen LogP contribution in [0.1, 0.15) is 6.42 Å². The third-order valence-corrected chi connectivity index (χ3v) is 3.63. The molecular formula is C10H11N3O3S2. The van der Waals surface area contributed by atoms with Crippen LogP contribution in [0.4, 0.5) is 0 Å². The predicted octanol–water partition coefficient (Wildman–Crippen LogP) is 0.428. The molecule has 96 valence electrons. The lowest BCUT2D eigenvalue weighted by molar-refractivity contribution is -0.696. The van der Waals surface area contributed by atoms with E-state index in [4.69, 9.17) is 0 Å². The monoisotopic (exact) mass is 285 g/mol. The highest BCUT2D eigenvalue weighted by Crippen LogP contribution is 2.14. The molecule has 0 N–H and O–H groups in total. The lowest BCUT2D eigenvalue weighted by atomic mass is 10.2. The number of aromatic nitrogens is 3. The van der Waals surface area contributed by atoms with Crippen LogP contribution in [0.2, 0.25) is 0 Å². The zero-order valence-corrected chi connectivity index (χ0v) is 11.0. The van der Waals surface area contributed by atoms with E-state index in [1.807, 2.05) is 29.1 Å². The molecule has 0 amide bonds. The molecule has 0 atom stereocenters. The van der Waals surface area contributed by atoms with E-state index in [0.29, 0.717) is 13.0 Å². The maximum Gasteiger partial charge on any atom is 0.169 e. The van der Waals surface area contributed by atoms with Crippen molar-refractivity contribution in [2.45, 2.75) is 13.0 Å². The molecule has 0 aromatic carbocycles. The fraction of sp³-hybridized carbons (Fsp3) is 0.300. The number of hydrogen-bond acceptors (Lipinski definition) is 6. The molecule has 0 spiro atoms. The summed E-state index contributed by atoms with van der Waals surface area (Å²) in [7, 11) is -4.12. The van der Waals surface area contributed by atoms with Crippen molar-refractivity contribution in [3.8, 4) is 11.3 Å².